The second-order valence-electron chi connectivity index (χ2n) is 7.00. The van der Waals surface area contributed by atoms with E-state index < -0.39 is 11.5 Å². The van der Waals surface area contributed by atoms with Crippen LogP contribution in [0.15, 0.2) is 0 Å². The highest BCUT2D eigenvalue weighted by Gasteiger charge is 2.49. The van der Waals surface area contributed by atoms with Crippen LogP contribution in [0, 0.1) is 5.92 Å². The van der Waals surface area contributed by atoms with Gasteiger partial charge in [-0.3, -0.25) is 4.90 Å². The third kappa shape index (κ3) is 2.61. The molecule has 3 unspecified atom stereocenters. The normalized spacial score (nSPS) is 32.4. The van der Waals surface area contributed by atoms with Crippen LogP contribution < -0.4 is 5.32 Å². The minimum atomic E-state index is -1.12. The molecule has 3 fully saturated rings. The maximum atomic E-state index is 12.6. The molecule has 2 amide bonds. The Balaban J connectivity index is 1.68. The first-order valence-corrected chi connectivity index (χ1v) is 7.98. The Bertz CT molecular complexity index is 451. The SMILES string of the molecule is CC1CN2CCCC2CN1C(=O)NC(C)(C(=O)O)C1CC1. The van der Waals surface area contributed by atoms with Gasteiger partial charge in [-0.25, -0.2) is 9.59 Å². The van der Waals surface area contributed by atoms with Crippen LogP contribution in [0.4, 0.5) is 4.79 Å². The van der Waals surface area contributed by atoms with Crippen LogP contribution in [0.5, 0.6) is 0 Å². The highest BCUT2D eigenvalue weighted by Crippen LogP contribution is 2.40. The number of amides is 2. The molecule has 6 heteroatoms. The second kappa shape index (κ2) is 5.16. The Labute approximate surface area is 125 Å². The highest BCUT2D eigenvalue weighted by molar-refractivity contribution is 5.86. The molecule has 0 aromatic rings. The Kier molecular flexibility index (Phi) is 3.59. The third-order valence-corrected chi connectivity index (χ3v) is 5.40. The number of urea groups is 1. The van der Waals surface area contributed by atoms with Crippen LogP contribution in [0.2, 0.25) is 0 Å². The number of nitrogens with zero attached hydrogens (tertiary/aromatic N) is 2. The fourth-order valence-corrected chi connectivity index (χ4v) is 3.76. The van der Waals surface area contributed by atoms with Crippen molar-refractivity contribution in [3.8, 4) is 0 Å². The zero-order valence-corrected chi connectivity index (χ0v) is 12.8. The van der Waals surface area contributed by atoms with Crippen LogP contribution in [0.25, 0.3) is 0 Å². The summed E-state index contributed by atoms with van der Waals surface area (Å²) in [6.07, 6.45) is 4.10. The molecule has 2 aliphatic heterocycles. The van der Waals surface area contributed by atoms with Crippen molar-refractivity contribution in [2.24, 2.45) is 5.92 Å². The number of carboxylic acid groups (broad SMARTS) is 1. The zero-order valence-electron chi connectivity index (χ0n) is 12.8. The molecule has 3 rings (SSSR count). The summed E-state index contributed by atoms with van der Waals surface area (Å²) in [5, 5.41) is 12.3. The van der Waals surface area contributed by atoms with E-state index in [-0.39, 0.29) is 18.0 Å². The van der Waals surface area contributed by atoms with Gasteiger partial charge in [0.05, 0.1) is 0 Å². The first kappa shape index (κ1) is 14.6. The molecule has 3 aliphatic rings. The summed E-state index contributed by atoms with van der Waals surface area (Å²) in [6, 6.07) is 0.367. The maximum Gasteiger partial charge on any atom is 0.329 e. The smallest absolute Gasteiger partial charge is 0.329 e. The van der Waals surface area contributed by atoms with E-state index in [0.717, 1.165) is 32.4 Å². The first-order valence-electron chi connectivity index (χ1n) is 7.98. The van der Waals surface area contributed by atoms with Gasteiger partial charge in [0, 0.05) is 25.2 Å². The minimum Gasteiger partial charge on any atom is -0.480 e. The zero-order chi connectivity index (χ0) is 15.2. The average molecular weight is 295 g/mol. The lowest BCUT2D eigenvalue weighted by molar-refractivity contribution is -0.144. The Morgan fingerprint density at radius 1 is 1.24 bits per heavy atom. The number of rotatable bonds is 3. The van der Waals surface area contributed by atoms with Crippen LogP contribution >= 0.6 is 0 Å². The molecule has 0 spiro atoms. The van der Waals surface area contributed by atoms with Gasteiger partial charge >= 0.3 is 12.0 Å². The van der Waals surface area contributed by atoms with Crippen LogP contribution in [-0.2, 0) is 4.79 Å². The van der Waals surface area contributed by atoms with Gasteiger partial charge < -0.3 is 15.3 Å². The van der Waals surface area contributed by atoms with Crippen molar-refractivity contribution in [3.05, 3.63) is 0 Å². The lowest BCUT2D eigenvalue weighted by Crippen LogP contribution is -2.63. The van der Waals surface area contributed by atoms with E-state index in [2.05, 4.69) is 10.2 Å². The predicted molar refractivity (Wildman–Crippen MR) is 78.1 cm³/mol. The van der Waals surface area contributed by atoms with Gasteiger partial charge in [0.15, 0.2) is 0 Å². The minimum absolute atomic E-state index is 0.0713. The van der Waals surface area contributed by atoms with Crippen molar-refractivity contribution in [2.75, 3.05) is 19.6 Å². The van der Waals surface area contributed by atoms with Gasteiger partial charge in [0.25, 0.3) is 0 Å². The van der Waals surface area contributed by atoms with E-state index in [0.29, 0.717) is 12.6 Å². The Morgan fingerprint density at radius 2 is 1.95 bits per heavy atom. The summed E-state index contributed by atoms with van der Waals surface area (Å²) in [6.45, 7) is 6.42. The van der Waals surface area contributed by atoms with E-state index in [1.165, 1.54) is 6.42 Å². The molecule has 2 N–H and O–H groups in total. The molecule has 1 saturated carbocycles. The fraction of sp³-hybridized carbons (Fsp3) is 0.867. The molecular weight excluding hydrogens is 270 g/mol. The number of fused-ring (bicyclic) bond motifs is 1. The fourth-order valence-electron chi connectivity index (χ4n) is 3.76. The number of aliphatic carboxylic acids is 1. The molecule has 1 aliphatic carbocycles. The highest BCUT2D eigenvalue weighted by atomic mass is 16.4. The van der Waals surface area contributed by atoms with Crippen molar-refractivity contribution in [1.82, 2.24) is 15.1 Å². The summed E-state index contributed by atoms with van der Waals surface area (Å²) in [5.74, 6) is -0.854. The molecule has 6 nitrogen and oxygen atoms in total. The number of piperazine rings is 1. The first-order chi connectivity index (χ1) is 9.91. The largest absolute Gasteiger partial charge is 0.480 e. The van der Waals surface area contributed by atoms with E-state index in [9.17, 15) is 14.7 Å². The van der Waals surface area contributed by atoms with Gasteiger partial charge in [0.2, 0.25) is 0 Å². The van der Waals surface area contributed by atoms with Gasteiger partial charge in [-0.05, 0) is 52.0 Å². The summed E-state index contributed by atoms with van der Waals surface area (Å²) >= 11 is 0. The number of hydrogen-bond acceptors (Lipinski definition) is 3. The number of carbonyl (C=O) groups excluding carboxylic acids is 1. The monoisotopic (exact) mass is 295 g/mol. The maximum absolute atomic E-state index is 12.6. The van der Waals surface area contributed by atoms with Crippen molar-refractivity contribution >= 4 is 12.0 Å². The Morgan fingerprint density at radius 3 is 2.57 bits per heavy atom. The van der Waals surface area contributed by atoms with Gasteiger partial charge in [-0.2, -0.15) is 0 Å². The summed E-state index contributed by atoms with van der Waals surface area (Å²) in [5.41, 5.74) is -1.12. The van der Waals surface area contributed by atoms with Crippen molar-refractivity contribution in [3.63, 3.8) is 0 Å². The molecule has 0 aromatic carbocycles. The number of carbonyl (C=O) groups is 2. The summed E-state index contributed by atoms with van der Waals surface area (Å²) in [7, 11) is 0. The lowest BCUT2D eigenvalue weighted by atomic mass is 9.96. The quantitative estimate of drug-likeness (QED) is 0.818. The second-order valence-corrected chi connectivity index (χ2v) is 7.00. The third-order valence-electron chi connectivity index (χ3n) is 5.40. The molecule has 0 radical (unpaired) electrons. The van der Waals surface area contributed by atoms with Crippen LogP contribution in [-0.4, -0.2) is 64.2 Å². The summed E-state index contributed by atoms with van der Waals surface area (Å²) in [4.78, 5) is 28.4. The number of hydrogen-bond donors (Lipinski definition) is 2. The van der Waals surface area contributed by atoms with E-state index in [1.54, 1.807) is 6.92 Å². The summed E-state index contributed by atoms with van der Waals surface area (Å²) < 4.78 is 0. The van der Waals surface area contributed by atoms with Crippen LogP contribution in [0.1, 0.15) is 39.5 Å². The molecule has 21 heavy (non-hydrogen) atoms. The molecule has 0 bridgehead atoms. The average Bonchev–Trinajstić information content (AvgIpc) is 3.18. The predicted octanol–water partition coefficient (Wildman–Crippen LogP) is 1.12. The Hall–Kier alpha value is -1.30. The number of nitrogens with one attached hydrogen (secondary N) is 1. The van der Waals surface area contributed by atoms with Gasteiger partial charge in [-0.1, -0.05) is 0 Å². The van der Waals surface area contributed by atoms with Crippen LogP contribution in [0.3, 0.4) is 0 Å². The van der Waals surface area contributed by atoms with E-state index in [1.807, 2.05) is 11.8 Å². The lowest BCUT2D eigenvalue weighted by Gasteiger charge is -2.43. The van der Waals surface area contributed by atoms with E-state index in [4.69, 9.17) is 0 Å². The molecular formula is C15H25N3O3. The molecule has 2 heterocycles. The number of carboxylic acids is 1. The molecule has 118 valence electrons. The molecule has 0 aromatic heterocycles. The van der Waals surface area contributed by atoms with Gasteiger partial charge in [0.1, 0.15) is 5.54 Å². The van der Waals surface area contributed by atoms with Crippen molar-refractivity contribution in [1.29, 1.82) is 0 Å². The van der Waals surface area contributed by atoms with Crippen molar-refractivity contribution < 1.29 is 14.7 Å². The van der Waals surface area contributed by atoms with Crippen molar-refractivity contribution in [2.45, 2.75) is 57.2 Å². The topological polar surface area (TPSA) is 72.9 Å². The standard InChI is InChI=1S/C15H25N3O3/c1-10-8-17-7-3-4-12(17)9-18(10)14(21)16-15(2,13(19)20)11-5-6-11/h10-12H,3-9H2,1-2H3,(H,16,21)(H,19,20). The molecule has 2 saturated heterocycles. The van der Waals surface area contributed by atoms with Gasteiger partial charge in [-0.15, -0.1) is 0 Å². The van der Waals surface area contributed by atoms with E-state index >= 15 is 0 Å². The molecule has 3 atom stereocenters.